The van der Waals surface area contributed by atoms with Crippen LogP contribution in [0.4, 0.5) is 0 Å². The lowest BCUT2D eigenvalue weighted by molar-refractivity contribution is -0.129. The maximum absolute atomic E-state index is 12.0. The Labute approximate surface area is 161 Å². The Kier molecular flexibility index (Phi) is 7.59. The van der Waals surface area contributed by atoms with Gasteiger partial charge in [-0.2, -0.15) is 0 Å². The minimum absolute atomic E-state index is 0.107. The minimum Gasteiger partial charge on any atom is -0.482 e. The topological polar surface area (TPSA) is 114 Å². The molecule has 2 amide bonds. The number of nitrogens with one attached hydrogen (secondary N) is 3. The third kappa shape index (κ3) is 6.89. The molecule has 0 aromatic heterocycles. The van der Waals surface area contributed by atoms with Gasteiger partial charge in [0.2, 0.25) is 15.9 Å². The monoisotopic (exact) mass is 411 g/mol. The fourth-order valence-electron chi connectivity index (χ4n) is 1.92. The molecule has 27 heavy (non-hydrogen) atoms. The van der Waals surface area contributed by atoms with Crippen molar-refractivity contribution >= 4 is 33.4 Å². The van der Waals surface area contributed by atoms with Gasteiger partial charge in [-0.1, -0.05) is 41.9 Å². The molecule has 0 heterocycles. The summed E-state index contributed by atoms with van der Waals surface area (Å²) in [6.45, 7) is -0.459. The van der Waals surface area contributed by atoms with Crippen molar-refractivity contribution in [3.05, 3.63) is 59.6 Å². The highest BCUT2D eigenvalue weighted by Crippen LogP contribution is 2.22. The van der Waals surface area contributed by atoms with Gasteiger partial charge in [0.25, 0.3) is 5.91 Å². The van der Waals surface area contributed by atoms with E-state index in [2.05, 4.69) is 15.6 Å². The van der Waals surface area contributed by atoms with E-state index >= 15 is 0 Å². The highest BCUT2D eigenvalue weighted by molar-refractivity contribution is 7.89. The number of rotatable bonds is 8. The van der Waals surface area contributed by atoms with E-state index in [1.165, 1.54) is 12.1 Å². The number of carbonyl (C=O) groups is 2. The summed E-state index contributed by atoms with van der Waals surface area (Å²) in [7, 11) is -3.68. The van der Waals surface area contributed by atoms with Crippen molar-refractivity contribution in [2.45, 2.75) is 11.3 Å². The van der Waals surface area contributed by atoms with Gasteiger partial charge in [-0.05, 0) is 24.3 Å². The van der Waals surface area contributed by atoms with E-state index in [4.69, 9.17) is 16.3 Å². The van der Waals surface area contributed by atoms with Crippen molar-refractivity contribution < 1.29 is 22.7 Å². The van der Waals surface area contributed by atoms with Crippen molar-refractivity contribution in [3.63, 3.8) is 0 Å². The fraction of sp³-hybridized carbons (Fsp3) is 0.176. The number of halogens is 1. The van der Waals surface area contributed by atoms with Crippen LogP contribution in [0.1, 0.15) is 6.42 Å². The maximum atomic E-state index is 12.0. The molecule has 0 atom stereocenters. The van der Waals surface area contributed by atoms with Gasteiger partial charge >= 0.3 is 0 Å². The van der Waals surface area contributed by atoms with E-state index in [-0.39, 0.29) is 24.5 Å². The van der Waals surface area contributed by atoms with Crippen molar-refractivity contribution in [1.82, 2.24) is 15.6 Å². The normalized spacial score (nSPS) is 10.9. The molecule has 8 nitrogen and oxygen atoms in total. The molecule has 2 aromatic carbocycles. The molecule has 0 spiro atoms. The molecule has 2 rings (SSSR count). The van der Waals surface area contributed by atoms with Crippen LogP contribution in [0, 0.1) is 0 Å². The zero-order chi connectivity index (χ0) is 19.7. The number of para-hydroxylation sites is 1. The number of benzene rings is 2. The highest BCUT2D eigenvalue weighted by Gasteiger charge is 2.13. The average molecular weight is 412 g/mol. The van der Waals surface area contributed by atoms with E-state index in [0.29, 0.717) is 10.8 Å². The Morgan fingerprint density at radius 2 is 1.56 bits per heavy atom. The van der Waals surface area contributed by atoms with Crippen LogP contribution in [-0.2, 0) is 19.6 Å². The molecule has 144 valence electrons. The van der Waals surface area contributed by atoms with Gasteiger partial charge in [0, 0.05) is 13.0 Å². The summed E-state index contributed by atoms with van der Waals surface area (Å²) < 4.78 is 31.5. The summed E-state index contributed by atoms with van der Waals surface area (Å²) in [6.07, 6.45) is -0.155. The van der Waals surface area contributed by atoms with Crippen molar-refractivity contribution in [2.75, 3.05) is 13.2 Å². The number of sulfonamides is 1. The van der Waals surface area contributed by atoms with Crippen molar-refractivity contribution in [3.8, 4) is 5.75 Å². The van der Waals surface area contributed by atoms with Crippen LogP contribution in [-0.4, -0.2) is 33.4 Å². The van der Waals surface area contributed by atoms with Gasteiger partial charge in [0.05, 0.1) is 9.92 Å². The van der Waals surface area contributed by atoms with Crippen LogP contribution in [0.5, 0.6) is 5.75 Å². The Morgan fingerprint density at radius 3 is 2.26 bits per heavy atom. The van der Waals surface area contributed by atoms with E-state index in [9.17, 15) is 18.0 Å². The second-order valence-corrected chi connectivity index (χ2v) is 7.45. The number of carbonyl (C=O) groups excluding carboxylic acids is 2. The second kappa shape index (κ2) is 9.91. The van der Waals surface area contributed by atoms with Crippen molar-refractivity contribution in [2.24, 2.45) is 0 Å². The van der Waals surface area contributed by atoms with Gasteiger partial charge < -0.3 is 4.74 Å². The molecule has 3 N–H and O–H groups in total. The predicted octanol–water partition coefficient (Wildman–Crippen LogP) is 1.23. The number of ether oxygens (including phenoxy) is 1. The summed E-state index contributed by atoms with van der Waals surface area (Å²) in [4.78, 5) is 23.4. The summed E-state index contributed by atoms with van der Waals surface area (Å²) >= 11 is 5.89. The summed E-state index contributed by atoms with van der Waals surface area (Å²) in [5, 5.41) is 0.361. The predicted molar refractivity (Wildman–Crippen MR) is 99.5 cm³/mol. The Balaban J connectivity index is 1.67. The fourth-order valence-corrected chi connectivity index (χ4v) is 3.17. The van der Waals surface area contributed by atoms with Gasteiger partial charge in [0.15, 0.2) is 6.61 Å². The lowest BCUT2D eigenvalue weighted by Crippen LogP contribution is -2.44. The summed E-state index contributed by atoms with van der Waals surface area (Å²) in [5.74, 6) is -0.805. The van der Waals surface area contributed by atoms with Gasteiger partial charge in [-0.15, -0.1) is 0 Å². The molecule has 10 heteroatoms. The zero-order valence-electron chi connectivity index (χ0n) is 14.1. The highest BCUT2D eigenvalue weighted by atomic mass is 35.5. The lowest BCUT2D eigenvalue weighted by atomic mass is 10.3. The minimum atomic E-state index is -3.68. The molecule has 2 aromatic rings. The first kappa shape index (κ1) is 20.7. The molecule has 0 saturated carbocycles. The first-order chi connectivity index (χ1) is 12.9. The smallest absolute Gasteiger partial charge is 0.276 e. The van der Waals surface area contributed by atoms with E-state index in [1.807, 2.05) is 0 Å². The van der Waals surface area contributed by atoms with Crippen LogP contribution in [0.25, 0.3) is 0 Å². The van der Waals surface area contributed by atoms with Crippen LogP contribution in [0.15, 0.2) is 59.5 Å². The lowest BCUT2D eigenvalue weighted by Gasteiger charge is -2.10. The quantitative estimate of drug-likeness (QED) is 0.565. The van der Waals surface area contributed by atoms with Gasteiger partial charge in [-0.25, -0.2) is 13.1 Å². The van der Waals surface area contributed by atoms with Crippen LogP contribution in [0.2, 0.25) is 5.02 Å². The molecule has 0 radical (unpaired) electrons. The first-order valence-corrected chi connectivity index (χ1v) is 9.74. The number of hydrogen-bond acceptors (Lipinski definition) is 5. The molecule has 0 unspecified atom stereocenters. The molecule has 0 saturated heterocycles. The van der Waals surface area contributed by atoms with E-state index < -0.39 is 21.8 Å². The number of amides is 2. The Bertz CT molecular complexity index is 890. The van der Waals surface area contributed by atoms with Crippen LogP contribution < -0.4 is 20.3 Å². The number of hydrazine groups is 1. The first-order valence-electron chi connectivity index (χ1n) is 7.88. The third-order valence-corrected chi connectivity index (χ3v) is 5.02. The summed E-state index contributed by atoms with van der Waals surface area (Å²) in [5.41, 5.74) is 4.34. The van der Waals surface area contributed by atoms with Crippen molar-refractivity contribution in [1.29, 1.82) is 0 Å². The number of hydrogen-bond donors (Lipinski definition) is 3. The largest absolute Gasteiger partial charge is 0.482 e. The third-order valence-electron chi connectivity index (χ3n) is 3.23. The average Bonchev–Trinajstić information content (AvgIpc) is 2.66. The molecule has 0 bridgehead atoms. The van der Waals surface area contributed by atoms with Gasteiger partial charge in [-0.3, -0.25) is 20.4 Å². The Hall–Kier alpha value is -2.62. The standard InChI is InChI=1S/C17H18ClN3O5S/c18-14-8-4-5-9-15(14)26-12-17(23)21-20-16(22)10-11-19-27(24,25)13-6-2-1-3-7-13/h1-9,19H,10-12H2,(H,20,22)(H,21,23). The zero-order valence-corrected chi connectivity index (χ0v) is 15.7. The SMILES string of the molecule is O=C(CCNS(=O)(=O)c1ccccc1)NNC(=O)COc1ccccc1Cl. The van der Waals surface area contributed by atoms with Crippen LogP contribution >= 0.6 is 11.6 Å². The second-order valence-electron chi connectivity index (χ2n) is 5.28. The van der Waals surface area contributed by atoms with E-state index in [0.717, 1.165) is 0 Å². The molecule has 0 aliphatic heterocycles. The van der Waals surface area contributed by atoms with Gasteiger partial charge in [0.1, 0.15) is 5.75 Å². The molecular formula is C17H18ClN3O5S. The molecule has 0 fully saturated rings. The summed E-state index contributed by atoms with van der Waals surface area (Å²) in [6, 6.07) is 14.4. The maximum Gasteiger partial charge on any atom is 0.276 e. The van der Waals surface area contributed by atoms with Crippen LogP contribution in [0.3, 0.4) is 0 Å². The molecular weight excluding hydrogens is 394 g/mol. The molecule has 0 aliphatic rings. The molecule has 0 aliphatic carbocycles. The Morgan fingerprint density at radius 1 is 0.926 bits per heavy atom. The van der Waals surface area contributed by atoms with E-state index in [1.54, 1.807) is 42.5 Å².